The van der Waals surface area contributed by atoms with Gasteiger partial charge in [0.1, 0.15) is 0 Å². The Morgan fingerprint density at radius 1 is 1.33 bits per heavy atom. The van der Waals surface area contributed by atoms with Gasteiger partial charge in [-0.2, -0.15) is 0 Å². The highest BCUT2D eigenvalue weighted by molar-refractivity contribution is 6.27. The molecule has 1 atom stereocenters. The number of barbiturate groups is 1. The summed E-state index contributed by atoms with van der Waals surface area (Å²) >= 11 is 0. The van der Waals surface area contributed by atoms with Crippen molar-refractivity contribution >= 4 is 23.6 Å². The van der Waals surface area contributed by atoms with Crippen LogP contribution in [0.4, 0.5) is 4.79 Å². The molecular formula is C17H22N4O3. The number of carbonyl (C=O) groups is 3. The van der Waals surface area contributed by atoms with Crippen molar-refractivity contribution in [3.05, 3.63) is 30.1 Å². The fraction of sp³-hybridized carbons (Fsp3) is 0.471. The maximum Gasteiger partial charge on any atom is 0.330 e. The van der Waals surface area contributed by atoms with Crippen LogP contribution in [0.5, 0.6) is 0 Å². The fourth-order valence-electron chi connectivity index (χ4n) is 2.53. The number of hydrogen-bond donors (Lipinski definition) is 1. The van der Waals surface area contributed by atoms with E-state index in [9.17, 15) is 14.4 Å². The molecule has 7 nitrogen and oxygen atoms in total. The van der Waals surface area contributed by atoms with Gasteiger partial charge in [0.05, 0.1) is 6.54 Å². The first kappa shape index (κ1) is 17.8. The van der Waals surface area contributed by atoms with Crippen LogP contribution in [-0.2, 0) is 16.1 Å². The maximum atomic E-state index is 12.6. The zero-order chi connectivity index (χ0) is 17.5. The second-order valence-electron chi connectivity index (χ2n) is 5.59. The van der Waals surface area contributed by atoms with Crippen molar-refractivity contribution in [3.63, 3.8) is 0 Å². The number of urea groups is 1. The van der Waals surface area contributed by atoms with E-state index in [1.54, 1.807) is 18.5 Å². The van der Waals surface area contributed by atoms with E-state index in [0.29, 0.717) is 31.6 Å². The standard InChI is InChI=1S/C17H22N4O3/c1-3-5-9-21-16(23)14(15(22)20-17(21)24)13(4-2)19-11-12-7-6-8-18-10-12/h6-8,10,14H,3-5,9,11H2,1-2H3,(H,20,22,24)/t14-/m0/s1. The van der Waals surface area contributed by atoms with Crippen molar-refractivity contribution < 1.29 is 14.4 Å². The quantitative estimate of drug-likeness (QED) is 0.611. The summed E-state index contributed by atoms with van der Waals surface area (Å²) in [7, 11) is 0. The highest BCUT2D eigenvalue weighted by Crippen LogP contribution is 2.16. The smallest absolute Gasteiger partial charge is 0.288 e. The van der Waals surface area contributed by atoms with E-state index in [1.807, 2.05) is 19.9 Å². The molecule has 1 aliphatic heterocycles. The van der Waals surface area contributed by atoms with Crippen molar-refractivity contribution in [2.75, 3.05) is 6.54 Å². The van der Waals surface area contributed by atoms with Crippen LogP contribution in [-0.4, -0.2) is 40.0 Å². The Labute approximate surface area is 141 Å². The predicted molar refractivity (Wildman–Crippen MR) is 89.3 cm³/mol. The molecule has 7 heteroatoms. The molecule has 0 aliphatic carbocycles. The first-order valence-electron chi connectivity index (χ1n) is 8.16. The molecule has 2 rings (SSSR count). The third-order valence-corrected chi connectivity index (χ3v) is 3.87. The van der Waals surface area contributed by atoms with E-state index in [4.69, 9.17) is 0 Å². The van der Waals surface area contributed by atoms with Crippen molar-refractivity contribution in [1.29, 1.82) is 0 Å². The molecule has 0 radical (unpaired) electrons. The van der Waals surface area contributed by atoms with Crippen LogP contribution in [0.1, 0.15) is 38.7 Å². The van der Waals surface area contributed by atoms with Crippen LogP contribution in [0.15, 0.2) is 29.5 Å². The summed E-state index contributed by atoms with van der Waals surface area (Å²) < 4.78 is 0. The highest BCUT2D eigenvalue weighted by atomic mass is 16.2. The molecule has 0 saturated carbocycles. The molecule has 4 amide bonds. The van der Waals surface area contributed by atoms with Gasteiger partial charge in [0.15, 0.2) is 5.92 Å². The molecule has 1 aromatic rings. The summed E-state index contributed by atoms with van der Waals surface area (Å²) in [6, 6.07) is 3.04. The van der Waals surface area contributed by atoms with Crippen LogP contribution >= 0.6 is 0 Å². The summed E-state index contributed by atoms with van der Waals surface area (Å²) in [6.45, 7) is 4.47. The second-order valence-corrected chi connectivity index (χ2v) is 5.59. The van der Waals surface area contributed by atoms with Crippen LogP contribution in [0.25, 0.3) is 0 Å². The van der Waals surface area contributed by atoms with Crippen molar-refractivity contribution in [2.24, 2.45) is 10.9 Å². The molecule has 2 heterocycles. The van der Waals surface area contributed by atoms with Gasteiger partial charge in [-0.25, -0.2) is 4.79 Å². The van der Waals surface area contributed by atoms with Crippen molar-refractivity contribution in [1.82, 2.24) is 15.2 Å². The Bertz CT molecular complexity index is 642. The van der Waals surface area contributed by atoms with Gasteiger partial charge in [0.25, 0.3) is 0 Å². The molecule has 0 aromatic carbocycles. The summed E-state index contributed by atoms with van der Waals surface area (Å²) in [6.07, 6.45) is 5.37. The normalized spacial score (nSPS) is 18.8. The Hall–Kier alpha value is -2.57. The van der Waals surface area contributed by atoms with E-state index in [1.165, 1.54) is 0 Å². The van der Waals surface area contributed by atoms with Crippen molar-refractivity contribution in [2.45, 2.75) is 39.7 Å². The number of imide groups is 2. The number of rotatable bonds is 7. The molecule has 0 unspecified atom stereocenters. The lowest BCUT2D eigenvalue weighted by Crippen LogP contribution is -2.60. The summed E-state index contributed by atoms with van der Waals surface area (Å²) in [5.74, 6) is -2.10. The van der Waals surface area contributed by atoms with E-state index in [2.05, 4.69) is 15.3 Å². The molecule has 24 heavy (non-hydrogen) atoms. The number of nitrogens with one attached hydrogen (secondary N) is 1. The minimum Gasteiger partial charge on any atom is -0.288 e. The largest absolute Gasteiger partial charge is 0.330 e. The van der Waals surface area contributed by atoms with Gasteiger partial charge in [0.2, 0.25) is 11.8 Å². The van der Waals surface area contributed by atoms with Gasteiger partial charge >= 0.3 is 6.03 Å². The minimum atomic E-state index is -1.03. The van der Waals surface area contributed by atoms with Gasteiger partial charge in [-0.15, -0.1) is 0 Å². The SMILES string of the molecule is CCCCN1C(=O)NC(=O)[C@H](C(CC)=NCc2cccnc2)C1=O. The number of unbranched alkanes of at least 4 members (excludes halogenated alkanes) is 1. The molecule has 1 fully saturated rings. The fourth-order valence-corrected chi connectivity index (χ4v) is 2.53. The first-order chi connectivity index (χ1) is 11.6. The third-order valence-electron chi connectivity index (χ3n) is 3.87. The van der Waals surface area contributed by atoms with Gasteiger partial charge < -0.3 is 0 Å². The Morgan fingerprint density at radius 3 is 2.75 bits per heavy atom. The van der Waals surface area contributed by atoms with Crippen LogP contribution in [0.2, 0.25) is 0 Å². The zero-order valence-electron chi connectivity index (χ0n) is 14.0. The molecule has 1 saturated heterocycles. The first-order valence-corrected chi connectivity index (χ1v) is 8.16. The Balaban J connectivity index is 2.20. The predicted octanol–water partition coefficient (Wildman–Crippen LogP) is 1.93. The molecule has 0 bridgehead atoms. The molecule has 1 N–H and O–H groups in total. The number of amides is 4. The van der Waals surface area contributed by atoms with E-state index in [0.717, 1.165) is 16.9 Å². The lowest BCUT2D eigenvalue weighted by Gasteiger charge is -2.30. The average molecular weight is 330 g/mol. The van der Waals surface area contributed by atoms with Crippen LogP contribution in [0, 0.1) is 5.92 Å². The van der Waals surface area contributed by atoms with Crippen LogP contribution in [0.3, 0.4) is 0 Å². The molecule has 128 valence electrons. The Kier molecular flexibility index (Phi) is 6.17. The second kappa shape index (κ2) is 8.33. The number of aliphatic imine (C=N–C) groups is 1. The topological polar surface area (TPSA) is 91.7 Å². The van der Waals surface area contributed by atoms with Crippen LogP contribution < -0.4 is 5.32 Å². The molecule has 1 aromatic heterocycles. The van der Waals surface area contributed by atoms with Gasteiger partial charge in [0, 0.05) is 24.7 Å². The maximum absolute atomic E-state index is 12.6. The zero-order valence-corrected chi connectivity index (χ0v) is 14.0. The molecule has 1 aliphatic rings. The summed E-state index contributed by atoms with van der Waals surface area (Å²) in [5, 5.41) is 2.27. The van der Waals surface area contributed by atoms with Gasteiger partial charge in [-0.1, -0.05) is 26.3 Å². The number of aromatic nitrogens is 1. The lowest BCUT2D eigenvalue weighted by atomic mass is 9.96. The highest BCUT2D eigenvalue weighted by Gasteiger charge is 2.42. The number of pyridine rings is 1. The third kappa shape index (κ3) is 4.04. The Morgan fingerprint density at radius 2 is 2.12 bits per heavy atom. The van der Waals surface area contributed by atoms with Crippen molar-refractivity contribution in [3.8, 4) is 0 Å². The van der Waals surface area contributed by atoms with Gasteiger partial charge in [-0.3, -0.25) is 29.8 Å². The molecule has 0 spiro atoms. The lowest BCUT2D eigenvalue weighted by molar-refractivity contribution is -0.139. The number of hydrogen-bond acceptors (Lipinski definition) is 5. The van der Waals surface area contributed by atoms with Gasteiger partial charge in [-0.05, 0) is 24.5 Å². The van der Waals surface area contributed by atoms with E-state index >= 15 is 0 Å². The summed E-state index contributed by atoms with van der Waals surface area (Å²) in [5.41, 5.74) is 1.38. The molecular weight excluding hydrogens is 308 g/mol. The number of nitrogens with zero attached hydrogens (tertiary/aromatic N) is 3. The van der Waals surface area contributed by atoms with E-state index < -0.39 is 23.8 Å². The summed E-state index contributed by atoms with van der Waals surface area (Å²) in [4.78, 5) is 46.2. The minimum absolute atomic E-state index is 0.310. The van der Waals surface area contributed by atoms with E-state index in [-0.39, 0.29) is 0 Å². The number of carbonyl (C=O) groups excluding carboxylic acids is 3. The monoisotopic (exact) mass is 330 g/mol. The average Bonchev–Trinajstić information content (AvgIpc) is 2.58.